The van der Waals surface area contributed by atoms with E-state index in [0.29, 0.717) is 19.3 Å². The van der Waals surface area contributed by atoms with Crippen molar-refractivity contribution in [1.29, 1.82) is 0 Å². The van der Waals surface area contributed by atoms with Crippen molar-refractivity contribution in [3.8, 4) is 47.4 Å². The predicted molar refractivity (Wildman–Crippen MR) is 120 cm³/mol. The lowest BCUT2D eigenvalue weighted by molar-refractivity contribution is -0.144. The summed E-state index contributed by atoms with van der Waals surface area (Å²) >= 11 is 0. The molecule has 0 aliphatic heterocycles. The molecular weight excluding hydrogens is 376 g/mol. The van der Waals surface area contributed by atoms with Gasteiger partial charge >= 0.3 is 11.9 Å². The van der Waals surface area contributed by atoms with Gasteiger partial charge in [0.15, 0.2) is 0 Å². The number of carboxylic acid groups (broad SMARTS) is 2. The van der Waals surface area contributed by atoms with Crippen LogP contribution in [0.1, 0.15) is 90.9 Å². The Morgan fingerprint density at radius 3 is 2.00 bits per heavy atom. The SMILES string of the molecule is CCCCCCC#CC#CCCC(C(=O)O)C(CC#CC#CC(=O)O)CCCCC. The predicted octanol–water partition coefficient (Wildman–Crippen LogP) is 5.12. The summed E-state index contributed by atoms with van der Waals surface area (Å²) in [7, 11) is 0. The van der Waals surface area contributed by atoms with Crippen LogP contribution in [-0.4, -0.2) is 22.2 Å². The molecule has 0 aromatic heterocycles. The summed E-state index contributed by atoms with van der Waals surface area (Å²) in [6.45, 7) is 4.28. The maximum absolute atomic E-state index is 11.8. The molecule has 0 aromatic rings. The number of hydrogen-bond acceptors (Lipinski definition) is 2. The van der Waals surface area contributed by atoms with Gasteiger partial charge in [-0.1, -0.05) is 70.1 Å². The van der Waals surface area contributed by atoms with Gasteiger partial charge in [0.2, 0.25) is 0 Å². The van der Waals surface area contributed by atoms with Gasteiger partial charge in [0.1, 0.15) is 0 Å². The van der Waals surface area contributed by atoms with E-state index in [1.54, 1.807) is 0 Å². The van der Waals surface area contributed by atoms with Crippen LogP contribution in [0.25, 0.3) is 0 Å². The average Bonchev–Trinajstić information content (AvgIpc) is 2.70. The third-order valence-electron chi connectivity index (χ3n) is 4.72. The monoisotopic (exact) mass is 410 g/mol. The molecule has 0 spiro atoms. The smallest absolute Gasteiger partial charge is 0.382 e. The number of aliphatic carboxylic acids is 2. The zero-order valence-electron chi connectivity index (χ0n) is 18.4. The Labute approximate surface area is 182 Å². The van der Waals surface area contributed by atoms with E-state index < -0.39 is 17.9 Å². The van der Waals surface area contributed by atoms with Crippen molar-refractivity contribution in [3.05, 3.63) is 0 Å². The molecule has 2 N–H and O–H groups in total. The molecule has 0 bridgehead atoms. The molecule has 2 unspecified atom stereocenters. The summed E-state index contributed by atoms with van der Waals surface area (Å²) in [5, 5.41) is 18.2. The largest absolute Gasteiger partial charge is 0.481 e. The molecule has 0 rings (SSSR count). The van der Waals surface area contributed by atoms with Crippen LogP contribution in [0.4, 0.5) is 0 Å². The third-order valence-corrected chi connectivity index (χ3v) is 4.72. The highest BCUT2D eigenvalue weighted by Gasteiger charge is 2.26. The Morgan fingerprint density at radius 2 is 1.37 bits per heavy atom. The highest BCUT2D eigenvalue weighted by atomic mass is 16.4. The van der Waals surface area contributed by atoms with Crippen LogP contribution in [0, 0.1) is 59.2 Å². The average molecular weight is 411 g/mol. The first-order valence-corrected chi connectivity index (χ1v) is 10.9. The maximum Gasteiger partial charge on any atom is 0.382 e. The third kappa shape index (κ3) is 16.2. The van der Waals surface area contributed by atoms with Crippen molar-refractivity contribution in [1.82, 2.24) is 0 Å². The molecule has 30 heavy (non-hydrogen) atoms. The molecule has 0 fully saturated rings. The fourth-order valence-corrected chi connectivity index (χ4v) is 3.06. The van der Waals surface area contributed by atoms with Crippen molar-refractivity contribution in [2.45, 2.75) is 90.9 Å². The molecule has 4 heteroatoms. The van der Waals surface area contributed by atoms with E-state index in [4.69, 9.17) is 5.11 Å². The van der Waals surface area contributed by atoms with Gasteiger partial charge in [0, 0.05) is 25.2 Å². The van der Waals surface area contributed by atoms with Crippen LogP contribution in [0.5, 0.6) is 0 Å². The fraction of sp³-hybridized carbons (Fsp3) is 0.615. The van der Waals surface area contributed by atoms with E-state index >= 15 is 0 Å². The number of unbranched alkanes of at least 4 members (excludes halogenated alkanes) is 6. The maximum atomic E-state index is 11.8. The van der Waals surface area contributed by atoms with Crippen molar-refractivity contribution >= 4 is 11.9 Å². The van der Waals surface area contributed by atoms with Crippen LogP contribution >= 0.6 is 0 Å². The Morgan fingerprint density at radius 1 is 0.733 bits per heavy atom. The molecule has 0 heterocycles. The van der Waals surface area contributed by atoms with E-state index in [9.17, 15) is 14.7 Å². The molecule has 0 saturated carbocycles. The van der Waals surface area contributed by atoms with E-state index in [2.05, 4.69) is 55.3 Å². The summed E-state index contributed by atoms with van der Waals surface area (Å²) in [6.07, 6.45) is 10.8. The Kier molecular flexibility index (Phi) is 17.7. The van der Waals surface area contributed by atoms with Crippen molar-refractivity contribution in [2.24, 2.45) is 11.8 Å². The molecule has 0 saturated heterocycles. The highest BCUT2D eigenvalue weighted by Crippen LogP contribution is 2.26. The van der Waals surface area contributed by atoms with Gasteiger partial charge < -0.3 is 10.2 Å². The summed E-state index contributed by atoms with van der Waals surface area (Å²) in [5.41, 5.74) is 0. The molecular formula is C26H34O4. The molecule has 162 valence electrons. The second-order valence-electron chi connectivity index (χ2n) is 7.21. The van der Waals surface area contributed by atoms with Crippen LogP contribution in [0.3, 0.4) is 0 Å². The number of carboxylic acids is 2. The van der Waals surface area contributed by atoms with Crippen LogP contribution in [0.2, 0.25) is 0 Å². The molecule has 0 radical (unpaired) electrons. The summed E-state index contributed by atoms with van der Waals surface area (Å²) in [5.74, 6) is 18.6. The molecule has 0 aromatic carbocycles. The molecule has 0 amide bonds. The normalized spacial score (nSPS) is 11.1. The zero-order chi connectivity index (χ0) is 22.5. The van der Waals surface area contributed by atoms with Crippen LogP contribution < -0.4 is 0 Å². The number of hydrogen-bond donors (Lipinski definition) is 2. The quantitative estimate of drug-likeness (QED) is 0.326. The van der Waals surface area contributed by atoms with Gasteiger partial charge in [-0.2, -0.15) is 0 Å². The van der Waals surface area contributed by atoms with Gasteiger partial charge in [0.25, 0.3) is 0 Å². The van der Waals surface area contributed by atoms with Gasteiger partial charge in [0.05, 0.1) is 5.92 Å². The minimum Gasteiger partial charge on any atom is -0.481 e. The van der Waals surface area contributed by atoms with Crippen molar-refractivity contribution < 1.29 is 19.8 Å². The van der Waals surface area contributed by atoms with Gasteiger partial charge in [-0.3, -0.25) is 4.79 Å². The summed E-state index contributed by atoms with van der Waals surface area (Å²) in [6, 6.07) is 0. The van der Waals surface area contributed by atoms with Crippen molar-refractivity contribution in [3.63, 3.8) is 0 Å². The van der Waals surface area contributed by atoms with Crippen LogP contribution in [-0.2, 0) is 9.59 Å². The Balaban J connectivity index is 4.79. The van der Waals surface area contributed by atoms with E-state index in [-0.39, 0.29) is 5.92 Å². The highest BCUT2D eigenvalue weighted by molar-refractivity contribution is 5.87. The molecule has 2 atom stereocenters. The van der Waals surface area contributed by atoms with E-state index in [0.717, 1.165) is 38.5 Å². The Hall–Kier alpha value is -2.82. The van der Waals surface area contributed by atoms with E-state index in [1.807, 2.05) is 5.92 Å². The Bertz CT molecular complexity index is 750. The lowest BCUT2D eigenvalue weighted by Gasteiger charge is -2.21. The molecule has 0 aliphatic carbocycles. The second-order valence-corrected chi connectivity index (χ2v) is 7.21. The van der Waals surface area contributed by atoms with Crippen LogP contribution in [0.15, 0.2) is 0 Å². The second kappa shape index (κ2) is 19.5. The lowest BCUT2D eigenvalue weighted by Crippen LogP contribution is -2.23. The van der Waals surface area contributed by atoms with Gasteiger partial charge in [-0.05, 0) is 48.9 Å². The number of rotatable bonds is 13. The van der Waals surface area contributed by atoms with Crippen molar-refractivity contribution in [2.75, 3.05) is 0 Å². The van der Waals surface area contributed by atoms with Gasteiger partial charge in [-0.15, -0.1) is 0 Å². The standard InChI is InChI=1S/C26H34O4/c1-3-5-7-8-9-10-11-12-13-17-21-24(26(29)30)23(19-15-6-4-2)20-16-14-18-22-25(27)28/h23-24H,3-9,15,17,19-21H2,1-2H3,(H,27,28)(H,29,30). The topological polar surface area (TPSA) is 74.6 Å². The first kappa shape index (κ1) is 27.2. The zero-order valence-corrected chi connectivity index (χ0v) is 18.4. The summed E-state index contributed by atoms with van der Waals surface area (Å²) in [4.78, 5) is 22.2. The minimum atomic E-state index is -1.23. The first-order chi connectivity index (χ1) is 14.5. The van der Waals surface area contributed by atoms with E-state index in [1.165, 1.54) is 19.3 Å². The fourth-order valence-electron chi connectivity index (χ4n) is 3.06. The summed E-state index contributed by atoms with van der Waals surface area (Å²) < 4.78 is 0. The number of carbonyl (C=O) groups is 2. The minimum absolute atomic E-state index is 0.0976. The molecule has 4 nitrogen and oxygen atoms in total. The first-order valence-electron chi connectivity index (χ1n) is 10.9. The molecule has 0 aliphatic rings. The lowest BCUT2D eigenvalue weighted by atomic mass is 9.82. The van der Waals surface area contributed by atoms with Gasteiger partial charge in [-0.25, -0.2) is 4.79 Å².